The molecule has 0 aliphatic carbocycles. The van der Waals surface area contributed by atoms with Crippen LogP contribution in [0.5, 0.6) is 0 Å². The van der Waals surface area contributed by atoms with Crippen molar-refractivity contribution in [2.24, 2.45) is 0 Å². The van der Waals surface area contributed by atoms with Crippen molar-refractivity contribution in [3.8, 4) is 0 Å². The molecule has 0 saturated carbocycles. The molecular weight excluding hydrogens is 190 g/mol. The fraction of sp³-hybridized carbons (Fsp3) is 0.417. The SMILES string of the molecule is COC(=O)[C@@H](C)N[C@@H](C)c1ccccc1. The molecule has 0 spiro atoms. The molecule has 0 fully saturated rings. The number of benzene rings is 1. The third-order valence-electron chi connectivity index (χ3n) is 2.35. The van der Waals surface area contributed by atoms with E-state index in [4.69, 9.17) is 0 Å². The summed E-state index contributed by atoms with van der Waals surface area (Å²) in [5, 5.41) is 3.17. The molecule has 0 bridgehead atoms. The molecule has 0 aromatic heterocycles. The molecule has 0 aliphatic heterocycles. The van der Waals surface area contributed by atoms with Crippen LogP contribution in [-0.4, -0.2) is 19.1 Å². The lowest BCUT2D eigenvalue weighted by atomic mass is 10.1. The van der Waals surface area contributed by atoms with E-state index in [0.29, 0.717) is 0 Å². The highest BCUT2D eigenvalue weighted by Gasteiger charge is 2.15. The third kappa shape index (κ3) is 3.36. The van der Waals surface area contributed by atoms with Crippen LogP contribution in [0.25, 0.3) is 0 Å². The van der Waals surface area contributed by atoms with Crippen LogP contribution >= 0.6 is 0 Å². The highest BCUT2D eigenvalue weighted by Crippen LogP contribution is 2.11. The minimum atomic E-state index is -0.287. The van der Waals surface area contributed by atoms with Gasteiger partial charge in [0, 0.05) is 6.04 Å². The predicted molar refractivity (Wildman–Crippen MR) is 59.5 cm³/mol. The van der Waals surface area contributed by atoms with Crippen molar-refractivity contribution >= 4 is 5.97 Å². The average molecular weight is 207 g/mol. The fourth-order valence-electron chi connectivity index (χ4n) is 1.46. The summed E-state index contributed by atoms with van der Waals surface area (Å²) in [6.07, 6.45) is 0. The Hall–Kier alpha value is -1.35. The van der Waals surface area contributed by atoms with Gasteiger partial charge in [0.05, 0.1) is 7.11 Å². The maximum atomic E-state index is 11.2. The molecule has 3 heteroatoms. The predicted octanol–water partition coefficient (Wildman–Crippen LogP) is 1.90. The maximum absolute atomic E-state index is 11.2. The summed E-state index contributed by atoms with van der Waals surface area (Å²) in [4.78, 5) is 11.2. The molecular formula is C12H17NO2. The number of hydrogen-bond acceptors (Lipinski definition) is 3. The molecule has 1 aromatic carbocycles. The van der Waals surface area contributed by atoms with Crippen LogP contribution in [0.4, 0.5) is 0 Å². The number of ether oxygens (including phenoxy) is 1. The molecule has 0 saturated heterocycles. The molecule has 0 radical (unpaired) electrons. The van der Waals surface area contributed by atoms with Gasteiger partial charge in [-0.3, -0.25) is 10.1 Å². The quantitative estimate of drug-likeness (QED) is 0.766. The zero-order valence-corrected chi connectivity index (χ0v) is 9.36. The number of nitrogens with one attached hydrogen (secondary N) is 1. The summed E-state index contributed by atoms with van der Waals surface area (Å²) in [5.74, 6) is -0.238. The van der Waals surface area contributed by atoms with Crippen molar-refractivity contribution in [1.29, 1.82) is 0 Å². The van der Waals surface area contributed by atoms with E-state index in [0.717, 1.165) is 5.56 Å². The van der Waals surface area contributed by atoms with Gasteiger partial charge < -0.3 is 4.74 Å². The third-order valence-corrected chi connectivity index (χ3v) is 2.35. The zero-order chi connectivity index (χ0) is 11.3. The Morgan fingerprint density at radius 1 is 1.27 bits per heavy atom. The van der Waals surface area contributed by atoms with E-state index in [1.165, 1.54) is 7.11 Å². The molecule has 0 unspecified atom stereocenters. The second kappa shape index (κ2) is 5.51. The molecule has 3 nitrogen and oxygen atoms in total. The topological polar surface area (TPSA) is 38.3 Å². The van der Waals surface area contributed by atoms with Crippen molar-refractivity contribution in [3.05, 3.63) is 35.9 Å². The maximum Gasteiger partial charge on any atom is 0.322 e. The standard InChI is InChI=1S/C12H17NO2/c1-9(11-7-5-4-6-8-11)13-10(2)12(14)15-3/h4-10,13H,1-3H3/t9-,10+/m0/s1. The molecule has 82 valence electrons. The van der Waals surface area contributed by atoms with Gasteiger partial charge in [-0.2, -0.15) is 0 Å². The number of hydrogen-bond donors (Lipinski definition) is 1. The first-order chi connectivity index (χ1) is 7.15. The number of carbonyl (C=O) groups is 1. The van der Waals surface area contributed by atoms with E-state index >= 15 is 0 Å². The summed E-state index contributed by atoms with van der Waals surface area (Å²) in [6.45, 7) is 3.82. The summed E-state index contributed by atoms with van der Waals surface area (Å²) in [5.41, 5.74) is 1.16. The van der Waals surface area contributed by atoms with Crippen molar-refractivity contribution in [1.82, 2.24) is 5.32 Å². The van der Waals surface area contributed by atoms with Gasteiger partial charge in [-0.25, -0.2) is 0 Å². The Morgan fingerprint density at radius 2 is 1.87 bits per heavy atom. The van der Waals surface area contributed by atoms with E-state index in [-0.39, 0.29) is 18.1 Å². The Balaban J connectivity index is 2.56. The molecule has 0 heterocycles. The van der Waals surface area contributed by atoms with Gasteiger partial charge in [0.1, 0.15) is 6.04 Å². The van der Waals surface area contributed by atoms with Crippen LogP contribution in [0.1, 0.15) is 25.5 Å². The van der Waals surface area contributed by atoms with Crippen LogP contribution in [0, 0.1) is 0 Å². The van der Waals surface area contributed by atoms with Crippen molar-refractivity contribution in [2.75, 3.05) is 7.11 Å². The molecule has 1 rings (SSSR count). The average Bonchev–Trinajstić information content (AvgIpc) is 2.29. The molecule has 0 amide bonds. The number of esters is 1. The van der Waals surface area contributed by atoms with Crippen LogP contribution < -0.4 is 5.32 Å². The Bertz CT molecular complexity index is 311. The first kappa shape index (κ1) is 11.7. The summed E-state index contributed by atoms with van der Waals surface area (Å²) >= 11 is 0. The number of carbonyl (C=O) groups excluding carboxylic acids is 1. The van der Waals surface area contributed by atoms with Crippen LogP contribution in [-0.2, 0) is 9.53 Å². The highest BCUT2D eigenvalue weighted by molar-refractivity contribution is 5.75. The first-order valence-electron chi connectivity index (χ1n) is 5.04. The van der Waals surface area contributed by atoms with E-state index in [1.54, 1.807) is 6.92 Å². The molecule has 2 atom stereocenters. The van der Waals surface area contributed by atoms with Gasteiger partial charge in [-0.1, -0.05) is 30.3 Å². The smallest absolute Gasteiger partial charge is 0.322 e. The number of rotatable bonds is 4. The van der Waals surface area contributed by atoms with Crippen LogP contribution in [0.2, 0.25) is 0 Å². The van der Waals surface area contributed by atoms with Gasteiger partial charge in [0.2, 0.25) is 0 Å². The van der Waals surface area contributed by atoms with Gasteiger partial charge in [-0.15, -0.1) is 0 Å². The minimum Gasteiger partial charge on any atom is -0.468 e. The lowest BCUT2D eigenvalue weighted by molar-refractivity contribution is -0.142. The molecule has 0 aliphatic rings. The summed E-state index contributed by atoms with van der Waals surface area (Å²) in [7, 11) is 1.40. The lowest BCUT2D eigenvalue weighted by Crippen LogP contribution is -2.36. The van der Waals surface area contributed by atoms with Gasteiger partial charge in [0.25, 0.3) is 0 Å². The van der Waals surface area contributed by atoms with Crippen molar-refractivity contribution < 1.29 is 9.53 Å². The Labute approximate surface area is 90.4 Å². The van der Waals surface area contributed by atoms with E-state index < -0.39 is 0 Å². The summed E-state index contributed by atoms with van der Waals surface area (Å²) < 4.78 is 4.65. The van der Waals surface area contributed by atoms with Gasteiger partial charge in [0.15, 0.2) is 0 Å². The molecule has 1 N–H and O–H groups in total. The van der Waals surface area contributed by atoms with Crippen molar-refractivity contribution in [3.63, 3.8) is 0 Å². The van der Waals surface area contributed by atoms with E-state index in [9.17, 15) is 4.79 Å². The second-order valence-corrected chi connectivity index (χ2v) is 3.54. The largest absolute Gasteiger partial charge is 0.468 e. The minimum absolute atomic E-state index is 0.139. The number of methoxy groups -OCH3 is 1. The van der Waals surface area contributed by atoms with E-state index in [1.807, 2.05) is 37.3 Å². The highest BCUT2D eigenvalue weighted by atomic mass is 16.5. The van der Waals surface area contributed by atoms with Crippen LogP contribution in [0.3, 0.4) is 0 Å². The normalized spacial score (nSPS) is 14.3. The Kier molecular flexibility index (Phi) is 4.31. The Morgan fingerprint density at radius 3 is 2.40 bits per heavy atom. The first-order valence-corrected chi connectivity index (χ1v) is 5.04. The summed E-state index contributed by atoms with van der Waals surface area (Å²) in [6, 6.07) is 9.85. The van der Waals surface area contributed by atoms with Gasteiger partial charge in [-0.05, 0) is 19.4 Å². The fourth-order valence-corrected chi connectivity index (χ4v) is 1.46. The van der Waals surface area contributed by atoms with E-state index in [2.05, 4.69) is 10.1 Å². The van der Waals surface area contributed by atoms with Gasteiger partial charge >= 0.3 is 5.97 Å². The van der Waals surface area contributed by atoms with Crippen LogP contribution in [0.15, 0.2) is 30.3 Å². The molecule has 1 aromatic rings. The lowest BCUT2D eigenvalue weighted by Gasteiger charge is -2.18. The second-order valence-electron chi connectivity index (χ2n) is 3.54. The molecule has 15 heavy (non-hydrogen) atoms. The monoisotopic (exact) mass is 207 g/mol. The zero-order valence-electron chi connectivity index (χ0n) is 9.36. The van der Waals surface area contributed by atoms with Crippen molar-refractivity contribution in [2.45, 2.75) is 25.9 Å².